The molecule has 0 bridgehead atoms. The van der Waals surface area contributed by atoms with Gasteiger partial charge in [0.05, 0.1) is 34.5 Å². The number of hydrogen-bond donors (Lipinski definition) is 1. The molecule has 96 valence electrons. The van der Waals surface area contributed by atoms with Crippen molar-refractivity contribution in [3.63, 3.8) is 0 Å². The van der Waals surface area contributed by atoms with Crippen molar-refractivity contribution in [1.29, 1.82) is 0 Å². The van der Waals surface area contributed by atoms with E-state index in [9.17, 15) is 4.39 Å². The molecule has 2 rings (SSSR count). The van der Waals surface area contributed by atoms with E-state index in [1.807, 2.05) is 13.8 Å². The predicted molar refractivity (Wildman–Crippen MR) is 73.4 cm³/mol. The van der Waals surface area contributed by atoms with Crippen LogP contribution in [0, 0.1) is 5.82 Å². The van der Waals surface area contributed by atoms with Crippen molar-refractivity contribution in [3.8, 4) is 5.69 Å². The highest BCUT2D eigenvalue weighted by molar-refractivity contribution is 9.10. The van der Waals surface area contributed by atoms with Crippen LogP contribution in [0.5, 0.6) is 0 Å². The molecule has 0 radical (unpaired) electrons. The van der Waals surface area contributed by atoms with Crippen LogP contribution in [-0.2, 0) is 5.54 Å². The largest absolute Gasteiger partial charge is 0.321 e. The summed E-state index contributed by atoms with van der Waals surface area (Å²) in [7, 11) is 0. The molecular weight excluding hydrogens is 321 g/mol. The van der Waals surface area contributed by atoms with Gasteiger partial charge in [0.2, 0.25) is 0 Å². The number of aromatic nitrogens is 2. The van der Waals surface area contributed by atoms with E-state index in [4.69, 9.17) is 17.3 Å². The lowest BCUT2D eigenvalue weighted by molar-refractivity contribution is 0.524. The highest BCUT2D eigenvalue weighted by atomic mass is 79.9. The van der Waals surface area contributed by atoms with Gasteiger partial charge in [-0.3, -0.25) is 4.57 Å². The smallest absolute Gasteiger partial charge is 0.125 e. The zero-order valence-corrected chi connectivity index (χ0v) is 12.3. The van der Waals surface area contributed by atoms with Crippen LogP contribution in [0.15, 0.2) is 29.1 Å². The molecular formula is C12H12BrClFN3. The molecule has 0 saturated carbocycles. The third kappa shape index (κ3) is 2.43. The summed E-state index contributed by atoms with van der Waals surface area (Å²) in [6.07, 6.45) is 3.28. The Hall–Kier alpha value is -0.910. The second kappa shape index (κ2) is 4.64. The van der Waals surface area contributed by atoms with Crippen molar-refractivity contribution in [2.75, 3.05) is 0 Å². The molecule has 0 aliphatic heterocycles. The summed E-state index contributed by atoms with van der Waals surface area (Å²) < 4.78 is 15.5. The predicted octanol–water partition coefficient (Wildman–Crippen LogP) is 3.62. The van der Waals surface area contributed by atoms with E-state index < -0.39 is 11.4 Å². The number of rotatable bonds is 2. The average molecular weight is 333 g/mol. The highest BCUT2D eigenvalue weighted by Crippen LogP contribution is 2.32. The zero-order valence-electron chi connectivity index (χ0n) is 9.92. The van der Waals surface area contributed by atoms with Gasteiger partial charge in [-0.1, -0.05) is 11.6 Å². The molecule has 6 heteroatoms. The summed E-state index contributed by atoms with van der Waals surface area (Å²) in [5, 5.41) is 0.297. The van der Waals surface area contributed by atoms with Gasteiger partial charge in [-0.2, -0.15) is 0 Å². The van der Waals surface area contributed by atoms with Crippen LogP contribution >= 0.6 is 27.5 Å². The fourth-order valence-corrected chi connectivity index (χ4v) is 2.75. The molecule has 0 atom stereocenters. The fraction of sp³-hybridized carbons (Fsp3) is 0.250. The Morgan fingerprint density at radius 1 is 1.44 bits per heavy atom. The topological polar surface area (TPSA) is 43.8 Å². The van der Waals surface area contributed by atoms with E-state index in [1.165, 1.54) is 12.1 Å². The first-order valence-electron chi connectivity index (χ1n) is 5.27. The zero-order chi connectivity index (χ0) is 13.5. The lowest BCUT2D eigenvalue weighted by Crippen LogP contribution is -2.31. The minimum Gasteiger partial charge on any atom is -0.321 e. The van der Waals surface area contributed by atoms with Crippen molar-refractivity contribution in [3.05, 3.63) is 45.7 Å². The fourth-order valence-electron chi connectivity index (χ4n) is 1.71. The summed E-state index contributed by atoms with van der Waals surface area (Å²) in [6.45, 7) is 3.73. The van der Waals surface area contributed by atoms with E-state index in [1.54, 1.807) is 17.1 Å². The molecule has 1 aromatic heterocycles. The molecule has 2 aromatic rings. The van der Waals surface area contributed by atoms with Gasteiger partial charge in [-0.15, -0.1) is 0 Å². The normalized spacial score (nSPS) is 11.9. The summed E-state index contributed by atoms with van der Waals surface area (Å²) in [5.41, 5.74) is 6.92. The Bertz CT molecular complexity index is 566. The quantitative estimate of drug-likeness (QED) is 0.913. The molecule has 18 heavy (non-hydrogen) atoms. The van der Waals surface area contributed by atoms with E-state index in [-0.39, 0.29) is 0 Å². The SMILES string of the molecule is CC(C)(N)c1cncn1-c1c(Cl)cc(F)cc1Br. The van der Waals surface area contributed by atoms with Crippen LogP contribution in [0.1, 0.15) is 19.5 Å². The van der Waals surface area contributed by atoms with Gasteiger partial charge >= 0.3 is 0 Å². The van der Waals surface area contributed by atoms with Gasteiger partial charge in [-0.25, -0.2) is 9.37 Å². The standard InChI is InChI=1S/C12H12BrClFN3/c1-12(2,16)10-5-17-6-18(10)11-8(13)3-7(15)4-9(11)14/h3-6H,16H2,1-2H3. The van der Waals surface area contributed by atoms with Crippen molar-refractivity contribution < 1.29 is 4.39 Å². The van der Waals surface area contributed by atoms with Crippen molar-refractivity contribution in [1.82, 2.24) is 9.55 Å². The summed E-state index contributed by atoms with van der Waals surface area (Å²) in [4.78, 5) is 4.08. The number of hydrogen-bond acceptors (Lipinski definition) is 2. The van der Waals surface area contributed by atoms with Gasteiger partial charge in [-0.05, 0) is 41.9 Å². The van der Waals surface area contributed by atoms with Gasteiger partial charge in [0.25, 0.3) is 0 Å². The molecule has 1 aromatic carbocycles. The molecule has 0 aliphatic carbocycles. The lowest BCUT2D eigenvalue weighted by atomic mass is 10.0. The molecule has 1 heterocycles. The van der Waals surface area contributed by atoms with E-state index in [0.29, 0.717) is 15.2 Å². The molecule has 0 amide bonds. The molecule has 0 spiro atoms. The Labute approximate surface area is 118 Å². The number of nitrogens with two attached hydrogens (primary N) is 1. The van der Waals surface area contributed by atoms with Gasteiger partial charge < -0.3 is 5.73 Å². The molecule has 0 fully saturated rings. The second-order valence-corrected chi connectivity index (χ2v) is 5.85. The Morgan fingerprint density at radius 2 is 2.11 bits per heavy atom. The van der Waals surface area contributed by atoms with Crippen LogP contribution in [0.3, 0.4) is 0 Å². The van der Waals surface area contributed by atoms with Crippen molar-refractivity contribution >= 4 is 27.5 Å². The van der Waals surface area contributed by atoms with Crippen molar-refractivity contribution in [2.24, 2.45) is 5.73 Å². The van der Waals surface area contributed by atoms with E-state index in [2.05, 4.69) is 20.9 Å². The minimum atomic E-state index is -0.576. The van der Waals surface area contributed by atoms with Gasteiger partial charge in [0.1, 0.15) is 5.82 Å². The average Bonchev–Trinajstić information content (AvgIpc) is 2.63. The van der Waals surface area contributed by atoms with Crippen LogP contribution < -0.4 is 5.73 Å². The number of benzene rings is 1. The third-order valence-corrected chi connectivity index (χ3v) is 3.41. The van der Waals surface area contributed by atoms with E-state index in [0.717, 1.165) is 5.69 Å². The Balaban J connectivity index is 2.68. The molecule has 0 unspecified atom stereocenters. The van der Waals surface area contributed by atoms with Crippen LogP contribution in [-0.4, -0.2) is 9.55 Å². The molecule has 0 saturated heterocycles. The maximum absolute atomic E-state index is 13.2. The van der Waals surface area contributed by atoms with Crippen LogP contribution in [0.4, 0.5) is 4.39 Å². The summed E-state index contributed by atoms with van der Waals surface area (Å²) in [5.74, 6) is -0.399. The Morgan fingerprint density at radius 3 is 2.67 bits per heavy atom. The van der Waals surface area contributed by atoms with E-state index >= 15 is 0 Å². The minimum absolute atomic E-state index is 0.297. The summed E-state index contributed by atoms with van der Waals surface area (Å²) in [6, 6.07) is 2.61. The number of halogens is 3. The maximum atomic E-state index is 13.2. The van der Waals surface area contributed by atoms with Crippen LogP contribution in [0.2, 0.25) is 5.02 Å². The first-order valence-corrected chi connectivity index (χ1v) is 6.44. The molecule has 2 N–H and O–H groups in total. The third-order valence-electron chi connectivity index (χ3n) is 2.52. The lowest BCUT2D eigenvalue weighted by Gasteiger charge is -2.21. The first kappa shape index (κ1) is 13.5. The maximum Gasteiger partial charge on any atom is 0.125 e. The van der Waals surface area contributed by atoms with Gasteiger partial charge in [0, 0.05) is 4.47 Å². The van der Waals surface area contributed by atoms with Crippen molar-refractivity contribution in [2.45, 2.75) is 19.4 Å². The van der Waals surface area contributed by atoms with Gasteiger partial charge in [0.15, 0.2) is 0 Å². The molecule has 0 aliphatic rings. The monoisotopic (exact) mass is 331 g/mol. The Kier molecular flexibility index (Phi) is 3.49. The number of imidazole rings is 1. The second-order valence-electron chi connectivity index (χ2n) is 4.59. The molecule has 3 nitrogen and oxygen atoms in total. The first-order chi connectivity index (χ1) is 8.30. The summed E-state index contributed by atoms with van der Waals surface area (Å²) >= 11 is 9.40. The highest BCUT2D eigenvalue weighted by Gasteiger charge is 2.22. The number of nitrogens with zero attached hydrogens (tertiary/aromatic N) is 2. The van der Waals surface area contributed by atoms with Crippen LogP contribution in [0.25, 0.3) is 5.69 Å².